The third-order valence-electron chi connectivity index (χ3n) is 3.70. The van der Waals surface area contributed by atoms with Crippen LogP contribution in [-0.4, -0.2) is 18.4 Å². The van der Waals surface area contributed by atoms with Gasteiger partial charge >= 0.3 is 0 Å². The molecule has 0 aliphatic rings. The zero-order valence-electron chi connectivity index (χ0n) is 15.7. The molecular formula is C20H24N4O2S. The van der Waals surface area contributed by atoms with E-state index in [1.165, 1.54) is 23.3 Å². The lowest BCUT2D eigenvalue weighted by Gasteiger charge is -2.07. The Kier molecular flexibility index (Phi) is 7.04. The minimum absolute atomic E-state index is 0.119. The van der Waals surface area contributed by atoms with Crippen LogP contribution in [0.3, 0.4) is 0 Å². The first kappa shape index (κ1) is 20.5. The first-order valence-corrected chi connectivity index (χ1v) is 9.96. The highest BCUT2D eigenvalue weighted by molar-refractivity contribution is 7.89. The van der Waals surface area contributed by atoms with Crippen LogP contribution < -0.4 is 10.5 Å². The number of hydrogen-bond donors (Lipinski definition) is 2. The molecule has 0 aliphatic carbocycles. The van der Waals surface area contributed by atoms with Gasteiger partial charge in [0.1, 0.15) is 6.33 Å². The summed E-state index contributed by atoms with van der Waals surface area (Å²) in [4.78, 5) is 7.98. The molecule has 3 N–H and O–H groups in total. The van der Waals surface area contributed by atoms with E-state index in [1.807, 2.05) is 45.0 Å². The van der Waals surface area contributed by atoms with Gasteiger partial charge in [0, 0.05) is 23.6 Å². The Labute approximate surface area is 160 Å². The molecule has 142 valence electrons. The highest BCUT2D eigenvalue weighted by Gasteiger charge is 2.06. The minimum atomic E-state index is -3.62. The lowest BCUT2D eigenvalue weighted by Crippen LogP contribution is -2.12. The molecule has 2 aromatic carbocycles. The average molecular weight is 385 g/mol. The van der Waals surface area contributed by atoms with Crippen LogP contribution in [0.5, 0.6) is 0 Å². The van der Waals surface area contributed by atoms with Crippen molar-refractivity contribution in [2.75, 3.05) is 5.32 Å². The van der Waals surface area contributed by atoms with Crippen LogP contribution in [0.2, 0.25) is 0 Å². The molecule has 0 unspecified atom stereocenters. The summed E-state index contributed by atoms with van der Waals surface area (Å²) in [5.41, 5.74) is 5.29. The number of aromatic nitrogens is 2. The van der Waals surface area contributed by atoms with E-state index in [4.69, 9.17) is 5.14 Å². The summed E-state index contributed by atoms with van der Waals surface area (Å²) in [7, 11) is -3.62. The van der Waals surface area contributed by atoms with Crippen molar-refractivity contribution >= 4 is 15.7 Å². The number of hydrogen-bond acceptors (Lipinski definition) is 5. The van der Waals surface area contributed by atoms with Crippen molar-refractivity contribution in [3.8, 4) is 0 Å². The lowest BCUT2D eigenvalue weighted by molar-refractivity contribution is 0.598. The molecule has 0 bridgehead atoms. The standard InChI is InChI=1S/C14H16N2O2S.C6H8N2/c1-11-3-2-4-12(9-11)10-16-13-5-7-14(8-6-13)19(15,17)18;1-5-3-6(2)8-4-7-5/h2-9,16H,10H2,1H3,(H2,15,17,18);3-4H,1-2H3. The fraction of sp³-hybridized carbons (Fsp3) is 0.200. The first-order chi connectivity index (χ1) is 12.7. The van der Waals surface area contributed by atoms with Crippen molar-refractivity contribution < 1.29 is 8.42 Å². The fourth-order valence-corrected chi connectivity index (χ4v) is 2.89. The van der Waals surface area contributed by atoms with Gasteiger partial charge in [-0.05, 0) is 56.7 Å². The zero-order valence-corrected chi connectivity index (χ0v) is 16.5. The smallest absolute Gasteiger partial charge is 0.238 e. The molecule has 0 saturated heterocycles. The Morgan fingerprint density at radius 3 is 2.04 bits per heavy atom. The van der Waals surface area contributed by atoms with Crippen molar-refractivity contribution in [2.24, 2.45) is 5.14 Å². The van der Waals surface area contributed by atoms with Crippen LogP contribution in [-0.2, 0) is 16.6 Å². The van der Waals surface area contributed by atoms with Gasteiger partial charge in [-0.2, -0.15) is 0 Å². The van der Waals surface area contributed by atoms with E-state index in [1.54, 1.807) is 18.5 Å². The Morgan fingerprint density at radius 2 is 1.56 bits per heavy atom. The van der Waals surface area contributed by atoms with Crippen LogP contribution in [0.4, 0.5) is 5.69 Å². The SMILES string of the molecule is Cc1cc(C)ncn1.Cc1cccc(CNc2ccc(S(N)(=O)=O)cc2)c1. The second-order valence-electron chi connectivity index (χ2n) is 6.21. The maximum absolute atomic E-state index is 11.1. The van der Waals surface area contributed by atoms with E-state index in [0.717, 1.165) is 17.1 Å². The van der Waals surface area contributed by atoms with Crippen LogP contribution in [0.1, 0.15) is 22.5 Å². The maximum atomic E-state index is 11.1. The van der Waals surface area contributed by atoms with E-state index in [0.29, 0.717) is 6.54 Å². The van der Waals surface area contributed by atoms with Gasteiger partial charge in [0.2, 0.25) is 10.0 Å². The largest absolute Gasteiger partial charge is 0.381 e. The Hall–Kier alpha value is -2.77. The molecule has 0 spiro atoms. The number of nitrogens with zero attached hydrogens (tertiary/aromatic N) is 2. The predicted molar refractivity (Wildman–Crippen MR) is 108 cm³/mol. The minimum Gasteiger partial charge on any atom is -0.381 e. The molecule has 7 heteroatoms. The van der Waals surface area contributed by atoms with Crippen molar-refractivity contribution in [3.63, 3.8) is 0 Å². The summed E-state index contributed by atoms with van der Waals surface area (Å²) >= 11 is 0. The third kappa shape index (κ3) is 7.16. The number of sulfonamides is 1. The highest BCUT2D eigenvalue weighted by Crippen LogP contribution is 2.14. The molecule has 3 aromatic rings. The van der Waals surface area contributed by atoms with Crippen LogP contribution in [0.25, 0.3) is 0 Å². The van der Waals surface area contributed by atoms with E-state index in [-0.39, 0.29) is 4.90 Å². The van der Waals surface area contributed by atoms with Crippen molar-refractivity contribution in [3.05, 3.63) is 83.4 Å². The van der Waals surface area contributed by atoms with E-state index in [2.05, 4.69) is 21.4 Å². The highest BCUT2D eigenvalue weighted by atomic mass is 32.2. The van der Waals surface area contributed by atoms with Gasteiger partial charge in [-0.25, -0.2) is 23.5 Å². The normalized spacial score (nSPS) is 10.7. The van der Waals surface area contributed by atoms with Gasteiger partial charge in [0.05, 0.1) is 4.90 Å². The van der Waals surface area contributed by atoms with Crippen LogP contribution >= 0.6 is 0 Å². The predicted octanol–water partition coefficient (Wildman–Crippen LogP) is 3.35. The molecular weight excluding hydrogens is 360 g/mol. The zero-order chi connectivity index (χ0) is 19.9. The van der Waals surface area contributed by atoms with Gasteiger partial charge in [0.15, 0.2) is 0 Å². The topological polar surface area (TPSA) is 98.0 Å². The number of benzene rings is 2. The van der Waals surface area contributed by atoms with E-state index >= 15 is 0 Å². The first-order valence-electron chi connectivity index (χ1n) is 8.41. The average Bonchev–Trinajstić information content (AvgIpc) is 2.60. The molecule has 0 radical (unpaired) electrons. The molecule has 1 heterocycles. The van der Waals surface area contributed by atoms with Crippen molar-refractivity contribution in [1.82, 2.24) is 9.97 Å². The van der Waals surface area contributed by atoms with Crippen molar-refractivity contribution in [1.29, 1.82) is 0 Å². The number of primary sulfonamides is 1. The second-order valence-corrected chi connectivity index (χ2v) is 7.77. The molecule has 0 amide bonds. The molecule has 0 aliphatic heterocycles. The Morgan fingerprint density at radius 1 is 0.926 bits per heavy atom. The summed E-state index contributed by atoms with van der Waals surface area (Å²) in [6.07, 6.45) is 1.57. The molecule has 27 heavy (non-hydrogen) atoms. The number of nitrogens with one attached hydrogen (secondary N) is 1. The number of nitrogens with two attached hydrogens (primary N) is 1. The van der Waals surface area contributed by atoms with Gasteiger partial charge in [-0.1, -0.05) is 29.8 Å². The molecule has 0 fully saturated rings. The molecule has 6 nitrogen and oxygen atoms in total. The molecule has 0 atom stereocenters. The Balaban J connectivity index is 0.000000273. The quantitative estimate of drug-likeness (QED) is 0.719. The lowest BCUT2D eigenvalue weighted by atomic mass is 10.1. The summed E-state index contributed by atoms with van der Waals surface area (Å²) in [5, 5.41) is 8.27. The fourth-order valence-electron chi connectivity index (χ4n) is 2.38. The molecule has 1 aromatic heterocycles. The summed E-state index contributed by atoms with van der Waals surface area (Å²) in [5.74, 6) is 0. The van der Waals surface area contributed by atoms with Gasteiger partial charge in [-0.3, -0.25) is 0 Å². The summed E-state index contributed by atoms with van der Waals surface area (Å²) in [6, 6.07) is 16.5. The second kappa shape index (κ2) is 9.25. The number of anilines is 1. The van der Waals surface area contributed by atoms with Crippen molar-refractivity contribution in [2.45, 2.75) is 32.2 Å². The number of aryl methyl sites for hydroxylation is 3. The van der Waals surface area contributed by atoms with E-state index in [9.17, 15) is 8.42 Å². The summed E-state index contributed by atoms with van der Waals surface area (Å²) < 4.78 is 22.2. The molecule has 0 saturated carbocycles. The van der Waals surface area contributed by atoms with E-state index < -0.39 is 10.0 Å². The van der Waals surface area contributed by atoms with Gasteiger partial charge in [-0.15, -0.1) is 0 Å². The monoisotopic (exact) mass is 384 g/mol. The van der Waals surface area contributed by atoms with Crippen LogP contribution in [0, 0.1) is 20.8 Å². The summed E-state index contributed by atoms with van der Waals surface area (Å²) in [6.45, 7) is 6.64. The van der Waals surface area contributed by atoms with Gasteiger partial charge < -0.3 is 5.32 Å². The third-order valence-corrected chi connectivity index (χ3v) is 4.63. The van der Waals surface area contributed by atoms with Gasteiger partial charge in [0.25, 0.3) is 0 Å². The molecule has 3 rings (SSSR count). The number of rotatable bonds is 4. The Bertz CT molecular complexity index is 970. The van der Waals surface area contributed by atoms with Crippen LogP contribution in [0.15, 0.2) is 65.8 Å². The maximum Gasteiger partial charge on any atom is 0.238 e.